The first-order valence-corrected chi connectivity index (χ1v) is 5.59. The zero-order chi connectivity index (χ0) is 11.8. The van der Waals surface area contributed by atoms with Crippen molar-refractivity contribution in [3.8, 4) is 0 Å². The van der Waals surface area contributed by atoms with Crippen LogP contribution in [0.4, 0.5) is 0 Å². The Morgan fingerprint density at radius 3 is 3.06 bits per heavy atom. The second-order valence-corrected chi connectivity index (χ2v) is 3.73. The number of hydrogen-bond acceptors (Lipinski definition) is 3. The van der Waals surface area contributed by atoms with Crippen molar-refractivity contribution in [3.05, 3.63) is 18.2 Å². The third-order valence-electron chi connectivity index (χ3n) is 2.42. The highest BCUT2D eigenvalue weighted by molar-refractivity contribution is 5.72. The van der Waals surface area contributed by atoms with Crippen molar-refractivity contribution in [1.29, 1.82) is 0 Å². The summed E-state index contributed by atoms with van der Waals surface area (Å²) in [5, 5.41) is 11.6. The normalized spacial score (nSPS) is 11.4. The summed E-state index contributed by atoms with van der Waals surface area (Å²) in [7, 11) is 1.89. The minimum atomic E-state index is 0.492. The fourth-order valence-electron chi connectivity index (χ4n) is 1.48. The van der Waals surface area contributed by atoms with Gasteiger partial charge in [0.25, 0.3) is 0 Å². The SMILES string of the molecule is CCCCCOCn1cc[n+](C)c1C=NO. The van der Waals surface area contributed by atoms with Gasteiger partial charge in [0, 0.05) is 0 Å². The Morgan fingerprint density at radius 1 is 1.56 bits per heavy atom. The van der Waals surface area contributed by atoms with Gasteiger partial charge in [0.2, 0.25) is 0 Å². The van der Waals surface area contributed by atoms with Crippen molar-refractivity contribution in [2.24, 2.45) is 12.2 Å². The molecule has 0 radical (unpaired) electrons. The van der Waals surface area contributed by atoms with Crippen LogP contribution >= 0.6 is 0 Å². The van der Waals surface area contributed by atoms with Crippen LogP contribution in [0, 0.1) is 0 Å². The minimum absolute atomic E-state index is 0.492. The summed E-state index contributed by atoms with van der Waals surface area (Å²) in [6.45, 7) is 3.43. The molecule has 1 aromatic heterocycles. The van der Waals surface area contributed by atoms with Crippen LogP contribution in [-0.2, 0) is 18.5 Å². The van der Waals surface area contributed by atoms with Crippen LogP contribution in [0.1, 0.15) is 32.0 Å². The van der Waals surface area contributed by atoms with E-state index in [1.54, 1.807) is 0 Å². The Bertz CT molecular complexity index is 334. The van der Waals surface area contributed by atoms with E-state index in [1.807, 2.05) is 28.6 Å². The first-order chi connectivity index (χ1) is 7.79. The maximum atomic E-state index is 8.53. The van der Waals surface area contributed by atoms with Gasteiger partial charge in [-0.25, -0.2) is 9.13 Å². The monoisotopic (exact) mass is 226 g/mol. The Labute approximate surface area is 96.0 Å². The molecule has 5 nitrogen and oxygen atoms in total. The Balaban J connectivity index is 2.41. The molecule has 0 saturated carbocycles. The molecule has 1 rings (SSSR count). The Morgan fingerprint density at radius 2 is 2.38 bits per heavy atom. The first-order valence-electron chi connectivity index (χ1n) is 5.59. The van der Waals surface area contributed by atoms with E-state index < -0.39 is 0 Å². The summed E-state index contributed by atoms with van der Waals surface area (Å²) in [5.41, 5.74) is 0. The van der Waals surface area contributed by atoms with Gasteiger partial charge in [-0.2, -0.15) is 0 Å². The largest absolute Gasteiger partial charge is 0.411 e. The zero-order valence-electron chi connectivity index (χ0n) is 9.96. The topological polar surface area (TPSA) is 50.6 Å². The average molecular weight is 226 g/mol. The Kier molecular flexibility index (Phi) is 5.56. The molecule has 0 amide bonds. The summed E-state index contributed by atoms with van der Waals surface area (Å²) < 4.78 is 9.29. The van der Waals surface area contributed by atoms with E-state index in [0.29, 0.717) is 6.73 Å². The molecule has 0 saturated heterocycles. The van der Waals surface area contributed by atoms with Crippen LogP contribution in [0.2, 0.25) is 0 Å². The molecule has 0 aliphatic rings. The highest BCUT2D eigenvalue weighted by Gasteiger charge is 2.11. The summed E-state index contributed by atoms with van der Waals surface area (Å²) in [6.07, 6.45) is 8.68. The van der Waals surface area contributed by atoms with Crippen LogP contribution < -0.4 is 4.57 Å². The van der Waals surface area contributed by atoms with Gasteiger partial charge in [-0.3, -0.25) is 0 Å². The van der Waals surface area contributed by atoms with Gasteiger partial charge in [0.1, 0.15) is 12.4 Å². The number of ether oxygens (including phenoxy) is 1. The van der Waals surface area contributed by atoms with Gasteiger partial charge in [-0.1, -0.05) is 24.9 Å². The molecule has 5 heteroatoms. The number of aryl methyl sites for hydroxylation is 1. The van der Waals surface area contributed by atoms with Gasteiger partial charge < -0.3 is 9.94 Å². The maximum Gasteiger partial charge on any atom is 0.305 e. The number of oxime groups is 1. The molecule has 1 aromatic rings. The molecule has 0 unspecified atom stereocenters. The molecule has 90 valence electrons. The van der Waals surface area contributed by atoms with E-state index in [9.17, 15) is 0 Å². The van der Waals surface area contributed by atoms with E-state index in [1.165, 1.54) is 19.1 Å². The molecule has 0 fully saturated rings. The van der Waals surface area contributed by atoms with Crippen LogP contribution in [0.25, 0.3) is 0 Å². The van der Waals surface area contributed by atoms with Crippen LogP contribution in [-0.4, -0.2) is 22.6 Å². The summed E-state index contributed by atoms with van der Waals surface area (Å²) >= 11 is 0. The Hall–Kier alpha value is -1.36. The van der Waals surface area contributed by atoms with E-state index in [-0.39, 0.29) is 0 Å². The number of aromatic nitrogens is 2. The fourth-order valence-corrected chi connectivity index (χ4v) is 1.48. The molecule has 0 atom stereocenters. The molecule has 0 aromatic carbocycles. The lowest BCUT2D eigenvalue weighted by molar-refractivity contribution is -0.672. The van der Waals surface area contributed by atoms with Crippen molar-refractivity contribution >= 4 is 6.21 Å². The molecule has 1 N–H and O–H groups in total. The predicted octanol–water partition coefficient (Wildman–Crippen LogP) is 1.28. The number of nitrogens with zero attached hydrogens (tertiary/aromatic N) is 3. The number of imidazole rings is 1. The van der Waals surface area contributed by atoms with Crippen LogP contribution in [0.5, 0.6) is 0 Å². The average Bonchev–Trinajstić information content (AvgIpc) is 2.62. The van der Waals surface area contributed by atoms with E-state index >= 15 is 0 Å². The summed E-state index contributed by atoms with van der Waals surface area (Å²) in [5.74, 6) is 0.804. The van der Waals surface area contributed by atoms with Crippen molar-refractivity contribution in [3.63, 3.8) is 0 Å². The maximum absolute atomic E-state index is 8.53. The third kappa shape index (κ3) is 3.66. The van der Waals surface area contributed by atoms with Crippen molar-refractivity contribution in [2.75, 3.05) is 6.61 Å². The van der Waals surface area contributed by atoms with Gasteiger partial charge in [-0.15, -0.1) is 0 Å². The van der Waals surface area contributed by atoms with Gasteiger partial charge in [0.15, 0.2) is 12.9 Å². The van der Waals surface area contributed by atoms with E-state index in [0.717, 1.165) is 18.9 Å². The number of unbranched alkanes of at least 4 members (excludes halogenated alkanes) is 2. The predicted molar refractivity (Wildman–Crippen MR) is 60.5 cm³/mol. The summed E-state index contributed by atoms with van der Waals surface area (Å²) in [6, 6.07) is 0. The highest BCUT2D eigenvalue weighted by Crippen LogP contribution is 1.97. The van der Waals surface area contributed by atoms with Crippen molar-refractivity contribution in [2.45, 2.75) is 32.9 Å². The quantitative estimate of drug-likeness (QED) is 0.250. The molecule has 0 spiro atoms. The molecule has 0 aliphatic heterocycles. The third-order valence-corrected chi connectivity index (χ3v) is 2.42. The van der Waals surface area contributed by atoms with Crippen LogP contribution in [0.15, 0.2) is 17.5 Å². The zero-order valence-corrected chi connectivity index (χ0v) is 9.96. The van der Waals surface area contributed by atoms with E-state index in [2.05, 4.69) is 12.1 Å². The summed E-state index contributed by atoms with van der Waals surface area (Å²) in [4.78, 5) is 0. The lowest BCUT2D eigenvalue weighted by atomic mass is 10.3. The number of hydrogen-bond donors (Lipinski definition) is 1. The fraction of sp³-hybridized carbons (Fsp3) is 0.636. The molecule has 16 heavy (non-hydrogen) atoms. The highest BCUT2D eigenvalue weighted by atomic mass is 16.5. The van der Waals surface area contributed by atoms with Gasteiger partial charge in [-0.05, 0) is 6.42 Å². The van der Waals surface area contributed by atoms with Crippen LogP contribution in [0.3, 0.4) is 0 Å². The van der Waals surface area contributed by atoms with Crippen molar-refractivity contribution < 1.29 is 14.5 Å². The lowest BCUT2D eigenvalue weighted by Gasteiger charge is -2.01. The molecule has 0 aliphatic carbocycles. The number of rotatable bonds is 7. The second-order valence-electron chi connectivity index (χ2n) is 3.73. The standard InChI is InChI=1S/C11H19N3O2/c1-3-4-5-8-16-10-14-7-6-13(2)11(14)9-12-15/h6-7,9H,3-5,8,10H2,1-2H3/p+1. The lowest BCUT2D eigenvalue weighted by Crippen LogP contribution is -2.32. The molecular weight excluding hydrogens is 206 g/mol. The molecular formula is C11H20N3O2+. The first kappa shape index (κ1) is 12.7. The van der Waals surface area contributed by atoms with Crippen molar-refractivity contribution in [1.82, 2.24) is 4.57 Å². The van der Waals surface area contributed by atoms with E-state index in [4.69, 9.17) is 9.94 Å². The van der Waals surface area contributed by atoms with Gasteiger partial charge in [0.05, 0.1) is 13.7 Å². The van der Waals surface area contributed by atoms with Gasteiger partial charge >= 0.3 is 5.82 Å². The second kappa shape index (κ2) is 7.00. The smallest absolute Gasteiger partial charge is 0.305 e. The molecule has 0 bridgehead atoms. The molecule has 1 heterocycles. The minimum Gasteiger partial charge on any atom is -0.411 e.